The van der Waals surface area contributed by atoms with Gasteiger partial charge >= 0.3 is 6.18 Å². The van der Waals surface area contributed by atoms with Crippen molar-refractivity contribution in [1.29, 1.82) is 0 Å². The van der Waals surface area contributed by atoms with Gasteiger partial charge in [0, 0.05) is 26.1 Å². The van der Waals surface area contributed by atoms with Gasteiger partial charge in [-0.15, -0.1) is 0 Å². The average Bonchev–Trinajstić information content (AvgIpc) is 3.12. The number of carbonyl (C=O) groups excluding carboxylic acids is 2. The first-order valence-corrected chi connectivity index (χ1v) is 9.85. The molecule has 10 heteroatoms. The second kappa shape index (κ2) is 9.90. The van der Waals surface area contributed by atoms with Gasteiger partial charge in [0.05, 0.1) is 25.0 Å². The van der Waals surface area contributed by atoms with Crippen LogP contribution in [0.1, 0.15) is 18.4 Å². The molecule has 3 rings (SSSR count). The molecule has 2 aromatic rings. The lowest BCUT2D eigenvalue weighted by atomic mass is 10.2. The Balaban J connectivity index is 1.75. The highest BCUT2D eigenvalue weighted by atomic mass is 19.4. The highest BCUT2D eigenvalue weighted by Crippen LogP contribution is 2.34. The van der Waals surface area contributed by atoms with E-state index in [1.807, 2.05) is 0 Å². The number of nitrogens with zero attached hydrogens (tertiary/aromatic N) is 1. The van der Waals surface area contributed by atoms with Crippen LogP contribution in [0.25, 0.3) is 0 Å². The average molecular weight is 452 g/mol. The number of hydrogen-bond donors (Lipinski definition) is 1. The minimum atomic E-state index is -4.44. The van der Waals surface area contributed by atoms with E-state index in [9.17, 15) is 22.8 Å². The van der Waals surface area contributed by atoms with Crippen molar-refractivity contribution in [3.63, 3.8) is 0 Å². The van der Waals surface area contributed by atoms with Gasteiger partial charge in [0.15, 0.2) is 0 Å². The monoisotopic (exact) mass is 452 g/mol. The maximum atomic E-state index is 12.9. The van der Waals surface area contributed by atoms with Crippen LogP contribution >= 0.6 is 0 Å². The molecule has 7 nitrogen and oxygen atoms in total. The van der Waals surface area contributed by atoms with Crippen molar-refractivity contribution >= 4 is 17.5 Å². The fraction of sp³-hybridized carbons (Fsp3) is 0.364. The zero-order valence-corrected chi connectivity index (χ0v) is 17.6. The second-order valence-corrected chi connectivity index (χ2v) is 7.11. The molecule has 0 saturated carbocycles. The number of halogens is 3. The third-order valence-electron chi connectivity index (χ3n) is 5.01. The van der Waals surface area contributed by atoms with Crippen LogP contribution in [0.3, 0.4) is 0 Å². The van der Waals surface area contributed by atoms with E-state index in [1.54, 1.807) is 12.1 Å². The zero-order chi connectivity index (χ0) is 23.3. The zero-order valence-electron chi connectivity index (χ0n) is 17.6. The predicted molar refractivity (Wildman–Crippen MR) is 110 cm³/mol. The number of carbonyl (C=O) groups is 2. The molecule has 1 unspecified atom stereocenters. The summed E-state index contributed by atoms with van der Waals surface area (Å²) in [5.74, 6) is 0.364. The number of hydrogen-bond acceptors (Lipinski definition) is 5. The van der Waals surface area contributed by atoms with Gasteiger partial charge in [0.25, 0.3) is 0 Å². The van der Waals surface area contributed by atoms with E-state index in [2.05, 4.69) is 5.32 Å². The van der Waals surface area contributed by atoms with Gasteiger partial charge in [0.2, 0.25) is 11.8 Å². The Kier molecular flexibility index (Phi) is 7.24. The van der Waals surface area contributed by atoms with Crippen LogP contribution in [0.15, 0.2) is 42.5 Å². The lowest BCUT2D eigenvalue weighted by molar-refractivity contribution is -0.137. The van der Waals surface area contributed by atoms with Crippen LogP contribution < -0.4 is 14.8 Å². The molecule has 1 N–H and O–H groups in total. The summed E-state index contributed by atoms with van der Waals surface area (Å²) in [5.41, 5.74) is -0.468. The van der Waals surface area contributed by atoms with Crippen LogP contribution in [0.5, 0.6) is 17.2 Å². The van der Waals surface area contributed by atoms with E-state index in [4.69, 9.17) is 14.2 Å². The molecule has 0 aliphatic carbocycles. The smallest absolute Gasteiger partial charge is 0.416 e. The molecule has 0 spiro atoms. The number of likely N-dealkylation sites (tertiary alicyclic amines) is 1. The first-order chi connectivity index (χ1) is 15.2. The number of methoxy groups -OCH3 is 2. The molecule has 1 saturated heterocycles. The number of anilines is 1. The van der Waals surface area contributed by atoms with Crippen LogP contribution in [-0.4, -0.2) is 50.1 Å². The molecule has 1 fully saturated rings. The van der Waals surface area contributed by atoms with Crippen molar-refractivity contribution < 1.29 is 37.0 Å². The van der Waals surface area contributed by atoms with Gasteiger partial charge < -0.3 is 24.4 Å². The van der Waals surface area contributed by atoms with Crippen molar-refractivity contribution in [3.8, 4) is 17.2 Å². The van der Waals surface area contributed by atoms with Gasteiger partial charge in [-0.1, -0.05) is 0 Å². The largest absolute Gasteiger partial charge is 0.495 e. The molecule has 0 aromatic heterocycles. The van der Waals surface area contributed by atoms with Gasteiger partial charge in [-0.25, -0.2) is 0 Å². The Morgan fingerprint density at radius 3 is 2.44 bits per heavy atom. The lowest BCUT2D eigenvalue weighted by Gasteiger charge is -2.24. The van der Waals surface area contributed by atoms with Crippen molar-refractivity contribution in [2.75, 3.05) is 32.7 Å². The van der Waals surface area contributed by atoms with Gasteiger partial charge in [-0.2, -0.15) is 13.2 Å². The number of ether oxygens (including phenoxy) is 3. The summed E-state index contributed by atoms with van der Waals surface area (Å²) in [6, 6.07) is 8.27. The van der Waals surface area contributed by atoms with Crippen LogP contribution in [0, 0.1) is 0 Å². The highest BCUT2D eigenvalue weighted by Gasteiger charge is 2.36. The maximum Gasteiger partial charge on any atom is 0.416 e. The fourth-order valence-electron chi connectivity index (χ4n) is 3.39. The Hall–Kier alpha value is -3.27. The third kappa shape index (κ3) is 5.50. The lowest BCUT2D eigenvalue weighted by Crippen LogP contribution is -2.43. The standard InChI is InChI=1S/C22H23F3N2O5/c1-30-12-11-27-18(8-10-20(27)28)21(29)26-17-13-16(7-9-19(17)31-2)32-15-5-3-14(4-6-15)22(23,24)25/h3-7,9,13,18H,8,10-12H2,1-2H3,(H,26,29). The van der Waals surface area contributed by atoms with E-state index >= 15 is 0 Å². The summed E-state index contributed by atoms with van der Waals surface area (Å²) in [6.45, 7) is 0.622. The van der Waals surface area contributed by atoms with Crippen molar-refractivity contribution in [2.45, 2.75) is 25.1 Å². The first kappa shape index (κ1) is 23.4. The van der Waals surface area contributed by atoms with Gasteiger partial charge in [0.1, 0.15) is 23.3 Å². The van der Waals surface area contributed by atoms with E-state index in [0.29, 0.717) is 36.8 Å². The molecule has 32 heavy (non-hydrogen) atoms. The molecule has 2 amide bonds. The molecular weight excluding hydrogens is 429 g/mol. The van der Waals surface area contributed by atoms with E-state index in [-0.39, 0.29) is 24.0 Å². The van der Waals surface area contributed by atoms with E-state index in [1.165, 1.54) is 37.3 Å². The quantitative estimate of drug-likeness (QED) is 0.653. The first-order valence-electron chi connectivity index (χ1n) is 9.85. The van der Waals surface area contributed by atoms with Crippen LogP contribution in [-0.2, 0) is 20.5 Å². The summed E-state index contributed by atoms with van der Waals surface area (Å²) in [7, 11) is 2.95. The maximum absolute atomic E-state index is 12.9. The molecular formula is C22H23F3N2O5. The molecule has 1 aliphatic rings. The van der Waals surface area contributed by atoms with Crippen LogP contribution in [0.2, 0.25) is 0 Å². The summed E-state index contributed by atoms with van der Waals surface area (Å²) in [4.78, 5) is 26.4. The Bertz CT molecular complexity index is 963. The van der Waals surface area contributed by atoms with Crippen molar-refractivity contribution in [2.24, 2.45) is 0 Å². The summed E-state index contributed by atoms with van der Waals surface area (Å²) in [5, 5.41) is 2.76. The topological polar surface area (TPSA) is 77.1 Å². The number of benzene rings is 2. The molecule has 2 aromatic carbocycles. The number of nitrogens with one attached hydrogen (secondary N) is 1. The van der Waals surface area contributed by atoms with Gasteiger partial charge in [-0.05, 0) is 42.8 Å². The summed E-state index contributed by atoms with van der Waals surface area (Å²) < 4.78 is 54.1. The summed E-state index contributed by atoms with van der Waals surface area (Å²) >= 11 is 0. The molecule has 1 heterocycles. The molecule has 1 aliphatic heterocycles. The minimum Gasteiger partial charge on any atom is -0.495 e. The summed E-state index contributed by atoms with van der Waals surface area (Å²) in [6.07, 6.45) is -3.77. The molecule has 0 radical (unpaired) electrons. The SMILES string of the molecule is COCCN1C(=O)CCC1C(=O)Nc1cc(Oc2ccc(C(F)(F)F)cc2)ccc1OC. The number of alkyl halides is 3. The second-order valence-electron chi connectivity index (χ2n) is 7.11. The normalized spacial score (nSPS) is 16.2. The molecule has 172 valence electrons. The Morgan fingerprint density at radius 2 is 1.81 bits per heavy atom. The fourth-order valence-corrected chi connectivity index (χ4v) is 3.39. The van der Waals surface area contributed by atoms with Crippen LogP contribution in [0.4, 0.5) is 18.9 Å². The highest BCUT2D eigenvalue weighted by molar-refractivity contribution is 6.00. The van der Waals surface area contributed by atoms with E-state index in [0.717, 1.165) is 12.1 Å². The predicted octanol–water partition coefficient (Wildman–Crippen LogP) is 4.08. The van der Waals surface area contributed by atoms with Gasteiger partial charge in [-0.3, -0.25) is 9.59 Å². The van der Waals surface area contributed by atoms with Crippen molar-refractivity contribution in [3.05, 3.63) is 48.0 Å². The molecule has 0 bridgehead atoms. The minimum absolute atomic E-state index is 0.117. The number of amides is 2. The third-order valence-corrected chi connectivity index (χ3v) is 5.01. The Morgan fingerprint density at radius 1 is 1.12 bits per heavy atom. The number of rotatable bonds is 8. The van der Waals surface area contributed by atoms with Crippen molar-refractivity contribution in [1.82, 2.24) is 4.90 Å². The Labute approximate surface area is 183 Å². The molecule has 1 atom stereocenters. The van der Waals surface area contributed by atoms with E-state index < -0.39 is 17.8 Å².